The summed E-state index contributed by atoms with van der Waals surface area (Å²) >= 11 is 5.77. The molecule has 2 atom stereocenters. The van der Waals surface area contributed by atoms with Crippen LogP contribution in [0.1, 0.15) is 29.2 Å². The van der Waals surface area contributed by atoms with Gasteiger partial charge in [0.15, 0.2) is 5.11 Å². The Morgan fingerprint density at radius 1 is 0.867 bits per heavy atom. The minimum absolute atomic E-state index is 0.0439. The Labute approximate surface area is 180 Å². The SMILES string of the molecule is S=C1N[C@H](c2ccccn2)[C@H](c2cccn2-c2ccncc2)N1Cc1ccccn1. The van der Waals surface area contributed by atoms with Crippen molar-refractivity contribution in [3.05, 3.63) is 109 Å². The van der Waals surface area contributed by atoms with E-state index < -0.39 is 0 Å². The summed E-state index contributed by atoms with van der Waals surface area (Å²) in [6.07, 6.45) is 9.31. The van der Waals surface area contributed by atoms with Crippen LogP contribution < -0.4 is 5.32 Å². The van der Waals surface area contributed by atoms with Crippen LogP contribution >= 0.6 is 12.2 Å². The van der Waals surface area contributed by atoms with Crippen molar-refractivity contribution in [3.63, 3.8) is 0 Å². The molecule has 0 saturated carbocycles. The van der Waals surface area contributed by atoms with Crippen molar-refractivity contribution in [2.45, 2.75) is 18.6 Å². The predicted octanol–water partition coefficient (Wildman–Crippen LogP) is 3.84. The Hall–Kier alpha value is -3.58. The molecule has 1 aliphatic heterocycles. The minimum atomic E-state index is -0.0714. The molecule has 6 nitrogen and oxygen atoms in total. The van der Waals surface area contributed by atoms with E-state index in [4.69, 9.17) is 12.2 Å². The Morgan fingerprint density at radius 3 is 2.40 bits per heavy atom. The molecule has 148 valence electrons. The van der Waals surface area contributed by atoms with Crippen molar-refractivity contribution in [2.75, 3.05) is 0 Å². The standard InChI is InChI=1S/C23H20N6S/c30-23-27-21(19-7-2-4-12-26-19)22(29(23)16-17-6-1-3-11-25-17)20-8-5-15-28(20)18-9-13-24-14-10-18/h1-15,21-22H,16H2,(H,27,30)/t21-,22+/m1/s1. The summed E-state index contributed by atoms with van der Waals surface area (Å²) in [6.45, 7) is 0.613. The molecule has 5 heterocycles. The molecule has 0 aromatic carbocycles. The number of nitrogens with one attached hydrogen (secondary N) is 1. The highest BCUT2D eigenvalue weighted by atomic mass is 32.1. The van der Waals surface area contributed by atoms with Crippen LogP contribution in [0.2, 0.25) is 0 Å². The summed E-state index contributed by atoms with van der Waals surface area (Å²) in [5.41, 5.74) is 4.10. The van der Waals surface area contributed by atoms with Gasteiger partial charge in [-0.3, -0.25) is 15.0 Å². The Bertz CT molecular complexity index is 1130. The molecule has 30 heavy (non-hydrogen) atoms. The Balaban J connectivity index is 1.60. The van der Waals surface area contributed by atoms with E-state index in [1.54, 1.807) is 12.4 Å². The van der Waals surface area contributed by atoms with Crippen LogP contribution in [0, 0.1) is 0 Å². The van der Waals surface area contributed by atoms with Gasteiger partial charge in [0.05, 0.1) is 30.0 Å². The summed E-state index contributed by atoms with van der Waals surface area (Å²) in [7, 11) is 0. The predicted molar refractivity (Wildman–Crippen MR) is 119 cm³/mol. The zero-order chi connectivity index (χ0) is 20.3. The average molecular weight is 413 g/mol. The first-order valence-electron chi connectivity index (χ1n) is 9.77. The van der Waals surface area contributed by atoms with Gasteiger partial charge >= 0.3 is 0 Å². The van der Waals surface area contributed by atoms with Crippen LogP contribution in [-0.2, 0) is 6.54 Å². The lowest BCUT2D eigenvalue weighted by Crippen LogP contribution is -2.30. The monoisotopic (exact) mass is 412 g/mol. The quantitative estimate of drug-likeness (QED) is 0.503. The van der Waals surface area contributed by atoms with Gasteiger partial charge in [-0.05, 0) is 60.7 Å². The van der Waals surface area contributed by atoms with E-state index in [1.807, 2.05) is 60.9 Å². The third-order valence-corrected chi connectivity index (χ3v) is 5.63. The molecule has 1 saturated heterocycles. The van der Waals surface area contributed by atoms with E-state index in [0.717, 1.165) is 22.8 Å². The lowest BCUT2D eigenvalue weighted by atomic mass is 10.0. The van der Waals surface area contributed by atoms with Crippen LogP contribution in [0.25, 0.3) is 5.69 Å². The van der Waals surface area contributed by atoms with Gasteiger partial charge in [0, 0.05) is 42.4 Å². The third kappa shape index (κ3) is 3.44. The maximum Gasteiger partial charge on any atom is 0.170 e. The summed E-state index contributed by atoms with van der Waals surface area (Å²) in [5, 5.41) is 4.20. The van der Waals surface area contributed by atoms with Crippen molar-refractivity contribution in [1.29, 1.82) is 0 Å². The maximum atomic E-state index is 5.77. The lowest BCUT2D eigenvalue weighted by Gasteiger charge is -2.28. The molecule has 0 aliphatic carbocycles. The van der Waals surface area contributed by atoms with E-state index in [0.29, 0.717) is 11.7 Å². The second-order valence-electron chi connectivity index (χ2n) is 7.08. The van der Waals surface area contributed by atoms with Crippen LogP contribution in [0.3, 0.4) is 0 Å². The number of thiocarbonyl (C=S) groups is 1. The topological polar surface area (TPSA) is 58.9 Å². The van der Waals surface area contributed by atoms with E-state index in [2.05, 4.69) is 48.1 Å². The van der Waals surface area contributed by atoms with Gasteiger partial charge in [0.25, 0.3) is 0 Å². The van der Waals surface area contributed by atoms with E-state index >= 15 is 0 Å². The molecule has 0 amide bonds. The first kappa shape index (κ1) is 18.4. The lowest BCUT2D eigenvalue weighted by molar-refractivity contribution is 0.299. The fourth-order valence-corrected chi connectivity index (χ4v) is 4.24. The highest BCUT2D eigenvalue weighted by Gasteiger charge is 2.41. The average Bonchev–Trinajstić information content (AvgIpc) is 3.40. The summed E-state index contributed by atoms with van der Waals surface area (Å²) < 4.78 is 2.18. The highest BCUT2D eigenvalue weighted by Crippen LogP contribution is 2.40. The summed E-state index contributed by atoms with van der Waals surface area (Å²) in [6, 6.07) is 20.0. The largest absolute Gasteiger partial charge is 0.352 e. The van der Waals surface area contributed by atoms with Gasteiger partial charge in [0.1, 0.15) is 0 Å². The Kier molecular flexibility index (Phi) is 4.94. The van der Waals surface area contributed by atoms with E-state index in [-0.39, 0.29) is 12.1 Å². The molecule has 4 aromatic rings. The third-order valence-electron chi connectivity index (χ3n) is 5.28. The molecule has 1 aliphatic rings. The molecule has 0 radical (unpaired) electrons. The van der Waals surface area contributed by atoms with Crippen LogP contribution in [0.15, 0.2) is 91.6 Å². The maximum absolute atomic E-state index is 5.77. The fourth-order valence-electron chi connectivity index (χ4n) is 3.94. The molecule has 5 rings (SSSR count). The van der Waals surface area contributed by atoms with Crippen molar-refractivity contribution >= 4 is 17.3 Å². The van der Waals surface area contributed by atoms with Crippen molar-refractivity contribution < 1.29 is 0 Å². The first-order chi connectivity index (χ1) is 14.8. The van der Waals surface area contributed by atoms with Crippen LogP contribution in [0.5, 0.6) is 0 Å². The second-order valence-corrected chi connectivity index (χ2v) is 7.47. The number of rotatable bonds is 5. The summed E-state index contributed by atoms with van der Waals surface area (Å²) in [4.78, 5) is 15.5. The van der Waals surface area contributed by atoms with Crippen molar-refractivity contribution in [1.82, 2.24) is 29.7 Å². The Morgan fingerprint density at radius 2 is 1.67 bits per heavy atom. The zero-order valence-corrected chi connectivity index (χ0v) is 17.0. The smallest absolute Gasteiger partial charge is 0.170 e. The van der Waals surface area contributed by atoms with Crippen LogP contribution in [-0.4, -0.2) is 29.5 Å². The molecule has 4 aromatic heterocycles. The highest BCUT2D eigenvalue weighted by molar-refractivity contribution is 7.80. The van der Waals surface area contributed by atoms with Gasteiger partial charge in [-0.1, -0.05) is 12.1 Å². The van der Waals surface area contributed by atoms with Crippen molar-refractivity contribution in [3.8, 4) is 5.69 Å². The number of nitrogens with zero attached hydrogens (tertiary/aromatic N) is 5. The molecular formula is C23H20N6S. The molecule has 1 N–H and O–H groups in total. The number of hydrogen-bond acceptors (Lipinski definition) is 4. The van der Waals surface area contributed by atoms with Gasteiger partial charge in [-0.25, -0.2) is 0 Å². The molecule has 7 heteroatoms. The summed E-state index contributed by atoms with van der Waals surface area (Å²) in [5.74, 6) is 0. The fraction of sp³-hybridized carbons (Fsp3) is 0.130. The molecule has 0 unspecified atom stereocenters. The van der Waals surface area contributed by atoms with Crippen molar-refractivity contribution in [2.24, 2.45) is 0 Å². The molecule has 0 spiro atoms. The zero-order valence-electron chi connectivity index (χ0n) is 16.2. The number of pyridine rings is 3. The minimum Gasteiger partial charge on any atom is -0.352 e. The van der Waals surface area contributed by atoms with Gasteiger partial charge in [-0.2, -0.15) is 0 Å². The van der Waals surface area contributed by atoms with E-state index in [9.17, 15) is 0 Å². The second kappa shape index (κ2) is 8.04. The van der Waals surface area contributed by atoms with Gasteiger partial charge < -0.3 is 14.8 Å². The van der Waals surface area contributed by atoms with Gasteiger partial charge in [-0.15, -0.1) is 0 Å². The number of aromatic nitrogens is 4. The molecule has 1 fully saturated rings. The first-order valence-corrected chi connectivity index (χ1v) is 10.2. The molecular weight excluding hydrogens is 392 g/mol. The van der Waals surface area contributed by atoms with Crippen LogP contribution in [0.4, 0.5) is 0 Å². The van der Waals surface area contributed by atoms with Gasteiger partial charge in [0.2, 0.25) is 0 Å². The number of hydrogen-bond donors (Lipinski definition) is 1. The van der Waals surface area contributed by atoms with E-state index in [1.165, 1.54) is 0 Å². The molecule has 0 bridgehead atoms. The normalized spacial score (nSPS) is 18.4.